The molecule has 10 heteroatoms. The smallest absolute Gasteiger partial charge is 0.326 e. The molecule has 1 heterocycles. The van der Waals surface area contributed by atoms with Crippen LogP contribution in [0.1, 0.15) is 18.1 Å². The minimum Gasteiger partial charge on any atom is -0.483 e. The highest BCUT2D eigenvalue weighted by Gasteiger charge is 2.36. The molecular weight excluding hydrogens is 512 g/mol. The van der Waals surface area contributed by atoms with Crippen LogP contribution in [-0.4, -0.2) is 47.7 Å². The van der Waals surface area contributed by atoms with Crippen LogP contribution in [0.15, 0.2) is 51.8 Å². The number of ether oxygens (including phenoxy) is 2. The van der Waals surface area contributed by atoms with Gasteiger partial charge in [-0.05, 0) is 67.6 Å². The van der Waals surface area contributed by atoms with Gasteiger partial charge in [-0.3, -0.25) is 24.1 Å². The molecule has 0 bridgehead atoms. The molecule has 0 aliphatic carbocycles. The normalized spacial score (nSPS) is 14.5. The van der Waals surface area contributed by atoms with Crippen LogP contribution in [0.5, 0.6) is 5.75 Å². The van der Waals surface area contributed by atoms with Crippen LogP contribution in [0.2, 0.25) is 0 Å². The molecule has 8 nitrogen and oxygen atoms in total. The predicted octanol–water partition coefficient (Wildman–Crippen LogP) is 4.37. The summed E-state index contributed by atoms with van der Waals surface area (Å²) in [5.41, 5.74) is 2.17. The number of halogens is 1. The molecule has 1 fully saturated rings. The van der Waals surface area contributed by atoms with Crippen molar-refractivity contribution in [2.45, 2.75) is 13.8 Å². The molecule has 2 aromatic carbocycles. The highest BCUT2D eigenvalue weighted by atomic mass is 79.9. The second-order valence-corrected chi connectivity index (χ2v) is 8.87. The third kappa shape index (κ3) is 6.69. The quantitative estimate of drug-likeness (QED) is 0.397. The van der Waals surface area contributed by atoms with Gasteiger partial charge in [0.05, 0.1) is 11.5 Å². The zero-order chi connectivity index (χ0) is 24.0. The molecule has 2 aromatic rings. The maximum absolute atomic E-state index is 12.6. The van der Waals surface area contributed by atoms with Crippen LogP contribution in [0.4, 0.5) is 10.5 Å². The van der Waals surface area contributed by atoms with E-state index in [1.54, 1.807) is 31.2 Å². The number of aryl methyl sites for hydroxylation is 1. The van der Waals surface area contributed by atoms with E-state index in [0.29, 0.717) is 17.0 Å². The summed E-state index contributed by atoms with van der Waals surface area (Å²) in [6.07, 6.45) is 1.49. The number of imide groups is 1. The molecule has 0 saturated carbocycles. The van der Waals surface area contributed by atoms with E-state index in [9.17, 15) is 19.2 Å². The number of nitrogens with zero attached hydrogens (tertiary/aromatic N) is 1. The molecule has 3 rings (SSSR count). The van der Waals surface area contributed by atoms with Crippen LogP contribution >= 0.6 is 27.7 Å². The van der Waals surface area contributed by atoms with Crippen LogP contribution in [0.3, 0.4) is 0 Å². The summed E-state index contributed by atoms with van der Waals surface area (Å²) in [5, 5.41) is 2.20. The van der Waals surface area contributed by atoms with Gasteiger partial charge in [0.1, 0.15) is 12.3 Å². The number of amides is 3. The monoisotopic (exact) mass is 532 g/mol. The van der Waals surface area contributed by atoms with E-state index in [2.05, 4.69) is 21.2 Å². The van der Waals surface area contributed by atoms with Gasteiger partial charge >= 0.3 is 5.97 Å². The minimum atomic E-state index is -0.660. The Kier molecular flexibility index (Phi) is 8.29. The summed E-state index contributed by atoms with van der Waals surface area (Å²) in [6, 6.07) is 12.5. The Labute approximate surface area is 203 Å². The second-order valence-electron chi connectivity index (χ2n) is 6.96. The first-order valence-electron chi connectivity index (χ1n) is 9.96. The lowest BCUT2D eigenvalue weighted by Gasteiger charge is -2.12. The van der Waals surface area contributed by atoms with E-state index in [0.717, 1.165) is 26.7 Å². The lowest BCUT2D eigenvalue weighted by Crippen LogP contribution is -2.34. The molecule has 1 aliphatic rings. The Bertz CT molecular complexity index is 1130. The first kappa shape index (κ1) is 24.5. The van der Waals surface area contributed by atoms with Gasteiger partial charge in [0, 0.05) is 15.7 Å². The van der Waals surface area contributed by atoms with Gasteiger partial charge in [-0.2, -0.15) is 0 Å². The number of esters is 1. The first-order chi connectivity index (χ1) is 15.8. The molecule has 1 saturated heterocycles. The second kappa shape index (κ2) is 11.2. The Morgan fingerprint density at radius 3 is 2.70 bits per heavy atom. The van der Waals surface area contributed by atoms with Crippen molar-refractivity contribution in [1.29, 1.82) is 0 Å². The number of hydrogen-bond acceptors (Lipinski definition) is 7. The maximum atomic E-state index is 12.6. The van der Waals surface area contributed by atoms with Gasteiger partial charge in [-0.25, -0.2) is 0 Å². The fraction of sp³-hybridized carbons (Fsp3) is 0.217. The summed E-state index contributed by atoms with van der Waals surface area (Å²) in [7, 11) is 0. The molecule has 0 unspecified atom stereocenters. The van der Waals surface area contributed by atoms with Gasteiger partial charge < -0.3 is 14.8 Å². The number of carbonyl (C=O) groups is 4. The van der Waals surface area contributed by atoms with Gasteiger partial charge in [-0.1, -0.05) is 28.1 Å². The lowest BCUT2D eigenvalue weighted by molar-refractivity contribution is -0.146. The summed E-state index contributed by atoms with van der Waals surface area (Å²) in [4.78, 5) is 49.8. The Balaban J connectivity index is 1.72. The maximum Gasteiger partial charge on any atom is 0.326 e. The number of nitrogens with one attached hydrogen (secondary N) is 1. The van der Waals surface area contributed by atoms with E-state index in [4.69, 9.17) is 9.47 Å². The predicted molar refractivity (Wildman–Crippen MR) is 129 cm³/mol. The van der Waals surface area contributed by atoms with E-state index in [1.807, 2.05) is 25.1 Å². The van der Waals surface area contributed by atoms with E-state index >= 15 is 0 Å². The van der Waals surface area contributed by atoms with Crippen molar-refractivity contribution < 1.29 is 28.7 Å². The van der Waals surface area contributed by atoms with Crippen molar-refractivity contribution in [3.8, 4) is 5.75 Å². The Morgan fingerprint density at radius 2 is 1.97 bits per heavy atom. The molecule has 0 atom stereocenters. The molecule has 0 aromatic heterocycles. The molecule has 172 valence electrons. The zero-order valence-electron chi connectivity index (χ0n) is 17.9. The Morgan fingerprint density at radius 1 is 1.18 bits per heavy atom. The van der Waals surface area contributed by atoms with Crippen molar-refractivity contribution in [3.05, 3.63) is 63.0 Å². The van der Waals surface area contributed by atoms with Gasteiger partial charge in [0.2, 0.25) is 0 Å². The van der Waals surface area contributed by atoms with E-state index < -0.39 is 23.7 Å². The number of thioether (sulfide) groups is 1. The standard InChI is InChI=1S/C23H21BrN2O6S/c1-3-31-21(28)12-26-22(29)19(33-23(26)30)11-15-10-16(24)7-8-18(15)32-13-20(27)25-17-6-4-5-14(2)9-17/h4-11H,3,12-13H2,1-2H3,(H,25,27)/b19-11-. The van der Waals surface area contributed by atoms with E-state index in [-0.39, 0.29) is 24.0 Å². The summed E-state index contributed by atoms with van der Waals surface area (Å²) in [5.74, 6) is -1.24. The topological polar surface area (TPSA) is 102 Å². The third-order valence-electron chi connectivity index (χ3n) is 4.39. The fourth-order valence-electron chi connectivity index (χ4n) is 2.94. The fourth-order valence-corrected chi connectivity index (χ4v) is 4.15. The van der Waals surface area contributed by atoms with Crippen molar-refractivity contribution >= 4 is 62.5 Å². The van der Waals surface area contributed by atoms with Gasteiger partial charge in [0.15, 0.2) is 6.61 Å². The lowest BCUT2D eigenvalue weighted by atomic mass is 10.2. The molecular formula is C23H21BrN2O6S. The molecule has 0 radical (unpaired) electrons. The van der Waals surface area contributed by atoms with Crippen LogP contribution < -0.4 is 10.1 Å². The zero-order valence-corrected chi connectivity index (χ0v) is 20.3. The average molecular weight is 533 g/mol. The Hall–Kier alpha value is -3.11. The number of anilines is 1. The molecule has 0 spiro atoms. The number of benzene rings is 2. The van der Waals surface area contributed by atoms with Crippen LogP contribution in [0, 0.1) is 6.92 Å². The van der Waals surface area contributed by atoms with Crippen molar-refractivity contribution in [1.82, 2.24) is 4.90 Å². The molecule has 33 heavy (non-hydrogen) atoms. The molecule has 1 N–H and O–H groups in total. The number of rotatable bonds is 8. The largest absolute Gasteiger partial charge is 0.483 e. The third-order valence-corrected chi connectivity index (χ3v) is 5.79. The summed E-state index contributed by atoms with van der Waals surface area (Å²) >= 11 is 4.09. The highest BCUT2D eigenvalue weighted by Crippen LogP contribution is 2.34. The van der Waals surface area contributed by atoms with E-state index in [1.165, 1.54) is 6.08 Å². The van der Waals surface area contributed by atoms with Gasteiger partial charge in [0.25, 0.3) is 17.1 Å². The number of carbonyl (C=O) groups excluding carboxylic acids is 4. The van der Waals surface area contributed by atoms with Crippen molar-refractivity contribution in [2.24, 2.45) is 0 Å². The summed E-state index contributed by atoms with van der Waals surface area (Å²) < 4.78 is 11.2. The van der Waals surface area contributed by atoms with Crippen LogP contribution in [-0.2, 0) is 19.1 Å². The molecule has 3 amide bonds. The molecule has 1 aliphatic heterocycles. The average Bonchev–Trinajstić information content (AvgIpc) is 3.01. The first-order valence-corrected chi connectivity index (χ1v) is 11.6. The van der Waals surface area contributed by atoms with Crippen molar-refractivity contribution in [2.75, 3.05) is 25.1 Å². The summed E-state index contributed by atoms with van der Waals surface area (Å²) in [6.45, 7) is 3.02. The van der Waals surface area contributed by atoms with Crippen LogP contribution in [0.25, 0.3) is 6.08 Å². The number of hydrogen-bond donors (Lipinski definition) is 1. The van der Waals surface area contributed by atoms with Gasteiger partial charge in [-0.15, -0.1) is 0 Å². The minimum absolute atomic E-state index is 0.136. The van der Waals surface area contributed by atoms with Crippen molar-refractivity contribution in [3.63, 3.8) is 0 Å². The highest BCUT2D eigenvalue weighted by molar-refractivity contribution is 9.10. The SMILES string of the molecule is CCOC(=O)CN1C(=O)S/C(=C\c2cc(Br)ccc2OCC(=O)Nc2cccc(C)c2)C1=O.